The van der Waals surface area contributed by atoms with Gasteiger partial charge in [0.05, 0.1) is 18.3 Å². The Morgan fingerprint density at radius 2 is 2.24 bits per heavy atom. The normalized spacial score (nSPS) is 10.6. The zero-order valence-corrected chi connectivity index (χ0v) is 9.87. The molecule has 0 fully saturated rings. The molecule has 5 heteroatoms. The number of amides is 1. The largest absolute Gasteiger partial charge is 0.507 e. The maximum atomic E-state index is 12.9. The molecule has 0 aliphatic rings. The molecule has 0 spiro atoms. The van der Waals surface area contributed by atoms with E-state index in [-0.39, 0.29) is 17.4 Å². The molecule has 1 rings (SSSR count). The van der Waals surface area contributed by atoms with Gasteiger partial charge in [-0.25, -0.2) is 4.39 Å². The summed E-state index contributed by atoms with van der Waals surface area (Å²) in [6.07, 6.45) is 0.0921. The molecule has 0 bridgehead atoms. The second-order valence-corrected chi connectivity index (χ2v) is 3.84. The minimum absolute atomic E-state index is 0.0745. The van der Waals surface area contributed by atoms with Gasteiger partial charge in [-0.05, 0) is 32.0 Å². The van der Waals surface area contributed by atoms with Crippen LogP contribution < -0.4 is 5.32 Å². The van der Waals surface area contributed by atoms with Crippen LogP contribution in [0.4, 0.5) is 4.39 Å². The van der Waals surface area contributed by atoms with Crippen molar-refractivity contribution in [2.75, 3.05) is 13.2 Å². The molecule has 0 saturated carbocycles. The Bertz CT molecular complexity index is 393. The van der Waals surface area contributed by atoms with E-state index in [1.54, 1.807) is 0 Å². The molecule has 17 heavy (non-hydrogen) atoms. The highest BCUT2D eigenvalue weighted by atomic mass is 19.1. The maximum Gasteiger partial charge on any atom is 0.255 e. The fourth-order valence-corrected chi connectivity index (χ4v) is 1.24. The second kappa shape index (κ2) is 6.20. The van der Waals surface area contributed by atoms with Crippen LogP contribution in [0.1, 0.15) is 24.2 Å². The van der Waals surface area contributed by atoms with Crippen LogP contribution >= 0.6 is 0 Å². The van der Waals surface area contributed by atoms with Crippen molar-refractivity contribution in [3.8, 4) is 5.75 Å². The van der Waals surface area contributed by atoms with E-state index in [1.165, 1.54) is 0 Å². The van der Waals surface area contributed by atoms with Gasteiger partial charge in [-0.3, -0.25) is 4.79 Å². The molecule has 0 radical (unpaired) electrons. The predicted octanol–water partition coefficient (Wildman–Crippen LogP) is 1.69. The lowest BCUT2D eigenvalue weighted by Gasteiger charge is -2.09. The summed E-state index contributed by atoms with van der Waals surface area (Å²) in [7, 11) is 0. The second-order valence-electron chi connectivity index (χ2n) is 3.84. The van der Waals surface area contributed by atoms with Gasteiger partial charge in [-0.1, -0.05) is 0 Å². The molecular formula is C12H16FNO3. The van der Waals surface area contributed by atoms with Crippen molar-refractivity contribution in [1.82, 2.24) is 5.32 Å². The monoisotopic (exact) mass is 241 g/mol. The summed E-state index contributed by atoms with van der Waals surface area (Å²) in [5.41, 5.74) is -0.0745. The topological polar surface area (TPSA) is 58.6 Å². The average molecular weight is 241 g/mol. The van der Waals surface area contributed by atoms with E-state index in [9.17, 15) is 14.3 Å². The van der Waals surface area contributed by atoms with Crippen molar-refractivity contribution in [2.45, 2.75) is 20.0 Å². The van der Waals surface area contributed by atoms with Crippen LogP contribution in [0, 0.1) is 5.82 Å². The molecule has 1 amide bonds. The van der Waals surface area contributed by atoms with Crippen LogP contribution in [0.25, 0.3) is 0 Å². The summed E-state index contributed by atoms with van der Waals surface area (Å²) in [5.74, 6) is -1.32. The highest BCUT2D eigenvalue weighted by molar-refractivity contribution is 5.96. The number of carbonyl (C=O) groups is 1. The van der Waals surface area contributed by atoms with Crippen LogP contribution in [0.3, 0.4) is 0 Å². The van der Waals surface area contributed by atoms with Gasteiger partial charge in [0.25, 0.3) is 5.91 Å². The Morgan fingerprint density at radius 3 is 2.88 bits per heavy atom. The molecule has 0 atom stereocenters. The lowest BCUT2D eigenvalue weighted by Crippen LogP contribution is -2.28. The summed E-state index contributed by atoms with van der Waals surface area (Å²) in [6, 6.07) is 3.23. The van der Waals surface area contributed by atoms with Crippen LogP contribution in [0.5, 0.6) is 5.75 Å². The molecule has 0 aliphatic heterocycles. The number of rotatable bonds is 5. The molecule has 0 aliphatic carbocycles. The summed E-state index contributed by atoms with van der Waals surface area (Å²) >= 11 is 0. The van der Waals surface area contributed by atoms with Crippen LogP contribution in [0.15, 0.2) is 18.2 Å². The number of aromatic hydroxyl groups is 1. The molecular weight excluding hydrogens is 225 g/mol. The number of carbonyl (C=O) groups excluding carboxylic acids is 1. The lowest BCUT2D eigenvalue weighted by atomic mass is 10.2. The average Bonchev–Trinajstić information content (AvgIpc) is 2.27. The van der Waals surface area contributed by atoms with E-state index >= 15 is 0 Å². The van der Waals surface area contributed by atoms with E-state index in [4.69, 9.17) is 4.74 Å². The minimum atomic E-state index is -0.564. The standard InChI is InChI=1S/C12H16FNO3/c1-8(2)17-6-5-14-12(16)10-7-9(13)3-4-11(10)15/h3-4,7-8,15H,5-6H2,1-2H3,(H,14,16). The Kier molecular flexibility index (Phi) is 4.90. The molecule has 0 heterocycles. The molecule has 0 saturated heterocycles. The van der Waals surface area contributed by atoms with E-state index in [1.807, 2.05) is 13.8 Å². The molecule has 0 unspecified atom stereocenters. The van der Waals surface area contributed by atoms with Gasteiger partial charge in [-0.15, -0.1) is 0 Å². The molecule has 1 aromatic rings. The van der Waals surface area contributed by atoms with Crippen LogP contribution in [-0.4, -0.2) is 30.3 Å². The first kappa shape index (κ1) is 13.4. The highest BCUT2D eigenvalue weighted by Gasteiger charge is 2.11. The van der Waals surface area contributed by atoms with Crippen molar-refractivity contribution in [3.63, 3.8) is 0 Å². The van der Waals surface area contributed by atoms with Gasteiger partial charge in [0.15, 0.2) is 0 Å². The van der Waals surface area contributed by atoms with E-state index in [0.29, 0.717) is 13.2 Å². The third-order valence-electron chi connectivity index (χ3n) is 2.04. The van der Waals surface area contributed by atoms with Crippen molar-refractivity contribution < 1.29 is 19.0 Å². The zero-order valence-electron chi connectivity index (χ0n) is 9.87. The van der Waals surface area contributed by atoms with E-state index < -0.39 is 11.7 Å². The summed E-state index contributed by atoms with van der Waals surface area (Å²) in [5, 5.41) is 11.9. The smallest absolute Gasteiger partial charge is 0.255 e. The first-order valence-electron chi connectivity index (χ1n) is 5.39. The van der Waals surface area contributed by atoms with Gasteiger partial charge in [0, 0.05) is 6.54 Å². The van der Waals surface area contributed by atoms with Gasteiger partial charge in [0.1, 0.15) is 11.6 Å². The van der Waals surface area contributed by atoms with Gasteiger partial charge < -0.3 is 15.2 Å². The Morgan fingerprint density at radius 1 is 1.53 bits per heavy atom. The predicted molar refractivity (Wildman–Crippen MR) is 61.5 cm³/mol. The maximum absolute atomic E-state index is 12.9. The van der Waals surface area contributed by atoms with Crippen molar-refractivity contribution in [1.29, 1.82) is 0 Å². The number of ether oxygens (including phenoxy) is 1. The third kappa shape index (κ3) is 4.40. The number of phenols is 1. The van der Waals surface area contributed by atoms with Crippen molar-refractivity contribution >= 4 is 5.91 Å². The fraction of sp³-hybridized carbons (Fsp3) is 0.417. The Hall–Kier alpha value is -1.62. The van der Waals surface area contributed by atoms with Crippen molar-refractivity contribution in [3.05, 3.63) is 29.6 Å². The fourth-order valence-electron chi connectivity index (χ4n) is 1.24. The van der Waals surface area contributed by atoms with Crippen LogP contribution in [0.2, 0.25) is 0 Å². The van der Waals surface area contributed by atoms with Crippen LogP contribution in [-0.2, 0) is 4.74 Å². The molecule has 2 N–H and O–H groups in total. The third-order valence-corrected chi connectivity index (χ3v) is 2.04. The quantitative estimate of drug-likeness (QED) is 0.771. The Labute approximate surface area is 99.4 Å². The number of halogens is 1. The number of hydrogen-bond acceptors (Lipinski definition) is 3. The van der Waals surface area contributed by atoms with Gasteiger partial charge in [-0.2, -0.15) is 0 Å². The first-order valence-corrected chi connectivity index (χ1v) is 5.39. The number of benzene rings is 1. The molecule has 1 aromatic carbocycles. The molecule has 0 aromatic heterocycles. The minimum Gasteiger partial charge on any atom is -0.507 e. The Balaban J connectivity index is 2.49. The number of hydrogen-bond donors (Lipinski definition) is 2. The lowest BCUT2D eigenvalue weighted by molar-refractivity contribution is 0.0745. The van der Waals surface area contributed by atoms with Gasteiger partial charge >= 0.3 is 0 Å². The zero-order chi connectivity index (χ0) is 12.8. The first-order chi connectivity index (χ1) is 8.00. The number of phenolic OH excluding ortho intramolecular Hbond substituents is 1. The number of nitrogens with one attached hydrogen (secondary N) is 1. The van der Waals surface area contributed by atoms with E-state index in [2.05, 4.69) is 5.32 Å². The molecule has 4 nitrogen and oxygen atoms in total. The highest BCUT2D eigenvalue weighted by Crippen LogP contribution is 2.17. The molecule has 94 valence electrons. The summed E-state index contributed by atoms with van der Waals surface area (Å²) in [6.45, 7) is 4.47. The van der Waals surface area contributed by atoms with E-state index in [0.717, 1.165) is 18.2 Å². The summed E-state index contributed by atoms with van der Waals surface area (Å²) in [4.78, 5) is 11.6. The van der Waals surface area contributed by atoms with Gasteiger partial charge in [0.2, 0.25) is 0 Å². The van der Waals surface area contributed by atoms with Crippen molar-refractivity contribution in [2.24, 2.45) is 0 Å². The SMILES string of the molecule is CC(C)OCCNC(=O)c1cc(F)ccc1O. The summed E-state index contributed by atoms with van der Waals surface area (Å²) < 4.78 is 18.1.